The Labute approximate surface area is 133 Å². The summed E-state index contributed by atoms with van der Waals surface area (Å²) in [6.45, 7) is 0.790. The summed E-state index contributed by atoms with van der Waals surface area (Å²) in [5, 5.41) is 12.2. The zero-order valence-corrected chi connectivity index (χ0v) is 12.8. The Kier molecular flexibility index (Phi) is 4.26. The van der Waals surface area contributed by atoms with Crippen molar-refractivity contribution in [2.24, 2.45) is 0 Å². The molecule has 23 heavy (non-hydrogen) atoms. The van der Waals surface area contributed by atoms with Crippen LogP contribution in [-0.2, 0) is 13.1 Å². The molecule has 3 aromatic rings. The normalized spacial score (nSPS) is 11.3. The largest absolute Gasteiger partial charge is 0.508 e. The number of aromatic hydroxyl groups is 1. The average Bonchev–Trinajstić information content (AvgIpc) is 2.53. The molecule has 4 heteroatoms. The Bertz CT molecular complexity index is 848. The van der Waals surface area contributed by atoms with E-state index in [2.05, 4.69) is 0 Å². The van der Waals surface area contributed by atoms with E-state index in [0.717, 1.165) is 22.4 Å². The summed E-state index contributed by atoms with van der Waals surface area (Å²) in [5.74, 6) is -0.922. The van der Waals surface area contributed by atoms with Gasteiger partial charge in [0.2, 0.25) is 0 Å². The molecule has 3 aromatic carbocycles. The molecule has 0 saturated heterocycles. The first-order valence-corrected chi connectivity index (χ1v) is 7.36. The van der Waals surface area contributed by atoms with Crippen LogP contribution in [0.5, 0.6) is 5.75 Å². The summed E-state index contributed by atoms with van der Waals surface area (Å²) < 4.78 is 26.7. The summed E-state index contributed by atoms with van der Waals surface area (Å²) in [5.41, 5.74) is 1.22. The highest BCUT2D eigenvalue weighted by Gasteiger charge is 2.12. The van der Waals surface area contributed by atoms with Crippen LogP contribution in [0.2, 0.25) is 0 Å². The van der Waals surface area contributed by atoms with E-state index < -0.39 is 11.6 Å². The molecule has 0 aliphatic rings. The van der Waals surface area contributed by atoms with Gasteiger partial charge in [0.25, 0.3) is 0 Å². The second-order valence-corrected chi connectivity index (χ2v) is 5.69. The van der Waals surface area contributed by atoms with E-state index in [9.17, 15) is 13.9 Å². The smallest absolute Gasteiger partial charge is 0.130 e. The number of phenols is 1. The van der Waals surface area contributed by atoms with Crippen LogP contribution in [0, 0.1) is 11.6 Å². The first-order chi connectivity index (χ1) is 11.0. The highest BCUT2D eigenvalue weighted by molar-refractivity contribution is 5.87. The van der Waals surface area contributed by atoms with Crippen molar-refractivity contribution in [1.29, 1.82) is 0 Å². The van der Waals surface area contributed by atoms with Crippen LogP contribution in [0.15, 0.2) is 54.6 Å². The monoisotopic (exact) mass is 313 g/mol. The van der Waals surface area contributed by atoms with Gasteiger partial charge in [0.1, 0.15) is 17.4 Å². The number of hydrogen-bond acceptors (Lipinski definition) is 2. The van der Waals surface area contributed by atoms with E-state index in [1.54, 1.807) is 6.07 Å². The summed E-state index contributed by atoms with van der Waals surface area (Å²) in [6, 6.07) is 14.9. The van der Waals surface area contributed by atoms with Gasteiger partial charge in [-0.05, 0) is 30.0 Å². The molecule has 0 aliphatic carbocycles. The number of fused-ring (bicyclic) bond motifs is 1. The van der Waals surface area contributed by atoms with Crippen LogP contribution < -0.4 is 0 Å². The SMILES string of the molecule is CN(Cc1ccc(F)cc1F)Cc1c(O)ccc2ccccc12. The van der Waals surface area contributed by atoms with Gasteiger partial charge in [-0.2, -0.15) is 0 Å². The Morgan fingerprint density at radius 1 is 0.957 bits per heavy atom. The number of phenolic OH excluding ortho intramolecular Hbond substituents is 1. The van der Waals surface area contributed by atoms with E-state index >= 15 is 0 Å². The molecule has 0 bridgehead atoms. The molecule has 2 nitrogen and oxygen atoms in total. The predicted octanol–water partition coefficient (Wildman–Crippen LogP) is 4.46. The van der Waals surface area contributed by atoms with Crippen molar-refractivity contribution in [3.63, 3.8) is 0 Å². The van der Waals surface area contributed by atoms with Crippen LogP contribution >= 0.6 is 0 Å². The standard InChI is InChI=1S/C19H17F2NO/c1-22(11-14-6-8-15(20)10-18(14)21)12-17-16-5-3-2-4-13(16)7-9-19(17)23/h2-10,23H,11-12H2,1H3. The third kappa shape index (κ3) is 3.32. The zero-order chi connectivity index (χ0) is 16.4. The maximum absolute atomic E-state index is 13.8. The van der Waals surface area contributed by atoms with Crippen molar-refractivity contribution in [2.75, 3.05) is 7.05 Å². The van der Waals surface area contributed by atoms with Crippen molar-refractivity contribution in [1.82, 2.24) is 4.90 Å². The predicted molar refractivity (Wildman–Crippen MR) is 87.1 cm³/mol. The fraction of sp³-hybridized carbons (Fsp3) is 0.158. The highest BCUT2D eigenvalue weighted by Crippen LogP contribution is 2.28. The minimum atomic E-state index is -0.583. The third-order valence-corrected chi connectivity index (χ3v) is 3.90. The van der Waals surface area contributed by atoms with Crippen molar-refractivity contribution >= 4 is 10.8 Å². The van der Waals surface area contributed by atoms with Crippen molar-refractivity contribution in [3.05, 3.63) is 77.4 Å². The lowest BCUT2D eigenvalue weighted by Crippen LogP contribution is -2.18. The molecule has 0 radical (unpaired) electrons. The topological polar surface area (TPSA) is 23.5 Å². The number of nitrogens with zero attached hydrogens (tertiary/aromatic N) is 1. The second-order valence-electron chi connectivity index (χ2n) is 5.69. The van der Waals surface area contributed by atoms with Crippen molar-refractivity contribution < 1.29 is 13.9 Å². The summed E-state index contributed by atoms with van der Waals surface area (Å²) in [4.78, 5) is 1.89. The van der Waals surface area contributed by atoms with E-state index in [1.807, 2.05) is 42.3 Å². The molecule has 0 unspecified atom stereocenters. The molecule has 0 heterocycles. The van der Waals surface area contributed by atoms with Crippen molar-refractivity contribution in [2.45, 2.75) is 13.1 Å². The van der Waals surface area contributed by atoms with E-state index in [4.69, 9.17) is 0 Å². The molecular weight excluding hydrogens is 296 g/mol. The van der Waals surface area contributed by atoms with Gasteiger partial charge in [-0.1, -0.05) is 36.4 Å². The molecule has 0 amide bonds. The number of halogens is 2. The van der Waals surface area contributed by atoms with Crippen LogP contribution in [-0.4, -0.2) is 17.1 Å². The lowest BCUT2D eigenvalue weighted by atomic mass is 10.0. The van der Waals surface area contributed by atoms with Crippen LogP contribution in [0.3, 0.4) is 0 Å². The lowest BCUT2D eigenvalue weighted by molar-refractivity contribution is 0.308. The van der Waals surface area contributed by atoms with Gasteiger partial charge in [0.05, 0.1) is 0 Å². The zero-order valence-electron chi connectivity index (χ0n) is 12.8. The minimum absolute atomic E-state index is 0.218. The van der Waals surface area contributed by atoms with Crippen LogP contribution in [0.1, 0.15) is 11.1 Å². The third-order valence-electron chi connectivity index (χ3n) is 3.90. The van der Waals surface area contributed by atoms with E-state index in [-0.39, 0.29) is 5.75 Å². The van der Waals surface area contributed by atoms with Gasteiger partial charge in [0, 0.05) is 30.3 Å². The number of hydrogen-bond donors (Lipinski definition) is 1. The summed E-state index contributed by atoms with van der Waals surface area (Å²) in [6.07, 6.45) is 0. The van der Waals surface area contributed by atoms with Gasteiger partial charge in [-0.3, -0.25) is 4.90 Å². The fourth-order valence-electron chi connectivity index (χ4n) is 2.76. The molecule has 0 saturated carbocycles. The summed E-state index contributed by atoms with van der Waals surface area (Å²) >= 11 is 0. The maximum atomic E-state index is 13.8. The van der Waals surface area contributed by atoms with Gasteiger partial charge >= 0.3 is 0 Å². The van der Waals surface area contributed by atoms with Gasteiger partial charge < -0.3 is 5.11 Å². The maximum Gasteiger partial charge on any atom is 0.130 e. The van der Waals surface area contributed by atoms with Gasteiger partial charge in [-0.25, -0.2) is 8.78 Å². The first kappa shape index (κ1) is 15.4. The summed E-state index contributed by atoms with van der Waals surface area (Å²) in [7, 11) is 1.84. The van der Waals surface area contributed by atoms with Crippen molar-refractivity contribution in [3.8, 4) is 5.75 Å². The van der Waals surface area contributed by atoms with Crippen LogP contribution in [0.4, 0.5) is 8.78 Å². The molecule has 0 aliphatic heterocycles. The molecule has 0 atom stereocenters. The van der Waals surface area contributed by atoms with Gasteiger partial charge in [0.15, 0.2) is 0 Å². The lowest BCUT2D eigenvalue weighted by Gasteiger charge is -2.19. The molecule has 0 fully saturated rings. The molecular formula is C19H17F2NO. The minimum Gasteiger partial charge on any atom is -0.508 e. The van der Waals surface area contributed by atoms with E-state index in [1.165, 1.54) is 12.1 Å². The quantitative estimate of drug-likeness (QED) is 0.769. The Morgan fingerprint density at radius 2 is 1.74 bits per heavy atom. The molecule has 3 rings (SSSR count). The first-order valence-electron chi connectivity index (χ1n) is 7.36. The fourth-order valence-corrected chi connectivity index (χ4v) is 2.76. The van der Waals surface area contributed by atoms with E-state index in [0.29, 0.717) is 18.7 Å². The average molecular weight is 313 g/mol. The molecule has 0 aromatic heterocycles. The van der Waals surface area contributed by atoms with Gasteiger partial charge in [-0.15, -0.1) is 0 Å². The molecule has 118 valence electrons. The number of benzene rings is 3. The molecule has 1 N–H and O–H groups in total. The molecule has 0 spiro atoms. The number of rotatable bonds is 4. The Balaban J connectivity index is 1.85. The Morgan fingerprint density at radius 3 is 2.52 bits per heavy atom. The van der Waals surface area contributed by atoms with Crippen LogP contribution in [0.25, 0.3) is 10.8 Å². The second kappa shape index (κ2) is 6.34. The Hall–Kier alpha value is -2.46. The highest BCUT2D eigenvalue weighted by atomic mass is 19.1.